The van der Waals surface area contributed by atoms with Crippen LogP contribution in [-0.4, -0.2) is 44.3 Å². The van der Waals surface area contributed by atoms with Gasteiger partial charge in [-0.05, 0) is 11.6 Å². The number of fused-ring (bicyclic) bond motifs is 1. The molecule has 7 heteroatoms. The number of aromatic nitrogens is 3. The lowest BCUT2D eigenvalue weighted by Crippen LogP contribution is -2.12. The molecule has 2 heterocycles. The topological polar surface area (TPSA) is 94.4 Å². The summed E-state index contributed by atoms with van der Waals surface area (Å²) in [4.78, 5) is 9.88. The van der Waals surface area contributed by atoms with Crippen LogP contribution in [0.5, 0.6) is 0 Å². The van der Waals surface area contributed by atoms with Crippen molar-refractivity contribution in [3.05, 3.63) is 66.9 Å². The molecule has 3 N–H and O–H groups in total. The zero-order valence-corrected chi connectivity index (χ0v) is 15.7. The third-order valence-electron chi connectivity index (χ3n) is 4.20. The van der Waals surface area contributed by atoms with Crippen molar-refractivity contribution in [1.82, 2.24) is 15.2 Å². The molecule has 140 valence electrons. The number of aliphatic hydroxyl groups is 2. The summed E-state index contributed by atoms with van der Waals surface area (Å²) in [5, 5.41) is 27.8. The smallest absolute Gasteiger partial charge is 0.145 e. The van der Waals surface area contributed by atoms with Crippen molar-refractivity contribution in [2.24, 2.45) is 4.99 Å². The Hall–Kier alpha value is -3.13. The summed E-state index contributed by atoms with van der Waals surface area (Å²) >= 11 is 1.51. The molecule has 4 aromatic rings. The van der Waals surface area contributed by atoms with E-state index < -0.39 is 12.7 Å². The van der Waals surface area contributed by atoms with Gasteiger partial charge in [-0.3, -0.25) is 10.1 Å². The number of H-pyrrole nitrogens is 1. The van der Waals surface area contributed by atoms with E-state index in [0.717, 1.165) is 32.0 Å². The number of hydrogen-bond acceptors (Lipinski definition) is 6. The fourth-order valence-corrected chi connectivity index (χ4v) is 3.91. The van der Waals surface area contributed by atoms with Crippen LogP contribution in [0, 0.1) is 0 Å². The quantitative estimate of drug-likeness (QED) is 0.437. The molecule has 0 aliphatic rings. The third-order valence-corrected chi connectivity index (χ3v) is 5.31. The second kappa shape index (κ2) is 7.85. The van der Waals surface area contributed by atoms with Crippen molar-refractivity contribution in [3.63, 3.8) is 0 Å². The van der Waals surface area contributed by atoms with Gasteiger partial charge in [0.15, 0.2) is 0 Å². The van der Waals surface area contributed by atoms with Crippen LogP contribution in [0.3, 0.4) is 0 Å². The van der Waals surface area contributed by atoms with Crippen molar-refractivity contribution in [2.45, 2.75) is 6.10 Å². The Morgan fingerprint density at radius 3 is 2.71 bits per heavy atom. The molecule has 0 saturated carbocycles. The van der Waals surface area contributed by atoms with E-state index in [4.69, 9.17) is 10.1 Å². The molecule has 2 aromatic carbocycles. The maximum absolute atomic E-state index is 9.54. The molecule has 0 saturated heterocycles. The maximum Gasteiger partial charge on any atom is 0.145 e. The Balaban J connectivity index is 1.83. The minimum absolute atomic E-state index is 0.399. The van der Waals surface area contributed by atoms with Crippen LogP contribution in [0.2, 0.25) is 0 Å². The number of aliphatic imine (C=N–C) groups is 1. The molecule has 0 radical (unpaired) electrons. The highest BCUT2D eigenvalue weighted by Gasteiger charge is 2.19. The predicted octanol–water partition coefficient (Wildman–Crippen LogP) is 3.75. The van der Waals surface area contributed by atoms with Gasteiger partial charge < -0.3 is 10.2 Å². The Morgan fingerprint density at radius 1 is 1.18 bits per heavy atom. The number of rotatable bonds is 6. The van der Waals surface area contributed by atoms with Crippen molar-refractivity contribution < 1.29 is 10.2 Å². The minimum Gasteiger partial charge on any atom is -0.393 e. The van der Waals surface area contributed by atoms with Crippen molar-refractivity contribution >= 4 is 34.2 Å². The molecule has 0 aliphatic heterocycles. The van der Waals surface area contributed by atoms with Crippen molar-refractivity contribution in [1.29, 1.82) is 0 Å². The fraction of sp³-hybridized carbons (Fsp3) is 0.0952. The van der Waals surface area contributed by atoms with Crippen LogP contribution in [0.25, 0.3) is 37.7 Å². The minimum atomic E-state index is -1.04. The number of aromatic amines is 1. The second-order valence-electron chi connectivity index (χ2n) is 6.16. The van der Waals surface area contributed by atoms with E-state index in [-0.39, 0.29) is 0 Å². The van der Waals surface area contributed by atoms with E-state index in [1.807, 2.05) is 54.6 Å². The van der Waals surface area contributed by atoms with E-state index in [0.29, 0.717) is 11.4 Å². The molecule has 0 aliphatic carbocycles. The van der Waals surface area contributed by atoms with Crippen LogP contribution in [0.15, 0.2) is 66.2 Å². The first-order chi connectivity index (χ1) is 13.7. The van der Waals surface area contributed by atoms with Gasteiger partial charge in [0.25, 0.3) is 0 Å². The Bertz CT molecular complexity index is 1150. The van der Waals surface area contributed by atoms with E-state index in [9.17, 15) is 5.11 Å². The molecule has 2 aromatic heterocycles. The fourth-order valence-electron chi connectivity index (χ4n) is 2.81. The number of nitrogens with zero attached hydrogens (tertiary/aromatic N) is 3. The highest BCUT2D eigenvalue weighted by Crippen LogP contribution is 2.39. The highest BCUT2D eigenvalue weighted by molar-refractivity contribution is 7.18. The average molecular weight is 390 g/mol. The number of hydrogen-bond donors (Lipinski definition) is 3. The molecule has 0 bridgehead atoms. The van der Waals surface area contributed by atoms with Gasteiger partial charge in [0, 0.05) is 11.6 Å². The van der Waals surface area contributed by atoms with Gasteiger partial charge >= 0.3 is 0 Å². The van der Waals surface area contributed by atoms with Gasteiger partial charge in [0.1, 0.15) is 22.5 Å². The lowest BCUT2D eigenvalue weighted by Gasteiger charge is -2.03. The molecular formula is C21H18N4O2S. The molecular weight excluding hydrogens is 372 g/mol. The number of nitrogens with one attached hydrogen (secondary N) is 1. The lowest BCUT2D eigenvalue weighted by atomic mass is 10.1. The summed E-state index contributed by atoms with van der Waals surface area (Å²) in [5.74, 6) is 0. The SMILES string of the molecule is C=C(N=CC(O)CO)c1nc(-c2n[nH]c3ccccc23)sc1-c1ccccc1. The standard InChI is InChI=1S/C21H18N4O2S/c1-13(22-11-15(27)12-26)18-20(14-7-3-2-4-8-14)28-21(23-18)19-16-9-5-6-10-17(16)24-25-19/h2-11,15,26-27H,1,12H2,(H,24,25). The Kier molecular flexibility index (Phi) is 5.12. The third kappa shape index (κ3) is 3.50. The van der Waals surface area contributed by atoms with Crippen LogP contribution in [0.4, 0.5) is 0 Å². The van der Waals surface area contributed by atoms with Gasteiger partial charge in [0.2, 0.25) is 0 Å². The molecule has 0 spiro atoms. The first kappa shape index (κ1) is 18.2. The summed E-state index contributed by atoms with van der Waals surface area (Å²) < 4.78 is 0. The monoisotopic (exact) mass is 390 g/mol. The van der Waals surface area contributed by atoms with Gasteiger partial charge in [-0.25, -0.2) is 4.98 Å². The second-order valence-corrected chi connectivity index (χ2v) is 7.15. The molecule has 0 amide bonds. The zero-order valence-electron chi connectivity index (χ0n) is 14.9. The Morgan fingerprint density at radius 2 is 1.93 bits per heavy atom. The first-order valence-corrected chi connectivity index (χ1v) is 9.51. The number of thiazole rings is 1. The van der Waals surface area contributed by atoms with Crippen LogP contribution >= 0.6 is 11.3 Å². The molecule has 28 heavy (non-hydrogen) atoms. The van der Waals surface area contributed by atoms with Gasteiger partial charge in [-0.1, -0.05) is 55.1 Å². The number of benzene rings is 2. The summed E-state index contributed by atoms with van der Waals surface area (Å²) in [7, 11) is 0. The average Bonchev–Trinajstić information content (AvgIpc) is 3.36. The predicted molar refractivity (Wildman–Crippen MR) is 113 cm³/mol. The number of para-hydroxylation sites is 1. The van der Waals surface area contributed by atoms with Gasteiger partial charge in [-0.2, -0.15) is 5.10 Å². The highest BCUT2D eigenvalue weighted by atomic mass is 32.1. The summed E-state index contributed by atoms with van der Waals surface area (Å²) in [6.45, 7) is 3.60. The first-order valence-electron chi connectivity index (χ1n) is 8.69. The van der Waals surface area contributed by atoms with Gasteiger partial charge in [-0.15, -0.1) is 11.3 Å². The van der Waals surface area contributed by atoms with Crippen LogP contribution in [-0.2, 0) is 0 Å². The van der Waals surface area contributed by atoms with Crippen molar-refractivity contribution in [2.75, 3.05) is 6.61 Å². The van der Waals surface area contributed by atoms with Crippen LogP contribution in [0.1, 0.15) is 5.69 Å². The molecule has 1 atom stereocenters. The molecule has 4 rings (SSSR count). The molecule has 6 nitrogen and oxygen atoms in total. The zero-order chi connectivity index (χ0) is 19.5. The maximum atomic E-state index is 9.54. The molecule has 0 fully saturated rings. The largest absolute Gasteiger partial charge is 0.393 e. The van der Waals surface area contributed by atoms with Crippen molar-refractivity contribution in [3.8, 4) is 21.1 Å². The van der Waals surface area contributed by atoms with E-state index in [2.05, 4.69) is 21.8 Å². The molecule has 1 unspecified atom stereocenters. The Labute approximate surface area is 165 Å². The number of aliphatic hydroxyl groups excluding tert-OH is 2. The van der Waals surface area contributed by atoms with E-state index >= 15 is 0 Å². The summed E-state index contributed by atoms with van der Waals surface area (Å²) in [6.07, 6.45) is 0.227. The lowest BCUT2D eigenvalue weighted by molar-refractivity contribution is 0.148. The van der Waals surface area contributed by atoms with E-state index in [1.54, 1.807) is 0 Å². The summed E-state index contributed by atoms with van der Waals surface area (Å²) in [6, 6.07) is 17.8. The van der Waals surface area contributed by atoms with Crippen LogP contribution < -0.4 is 0 Å². The normalized spacial score (nSPS) is 12.6. The van der Waals surface area contributed by atoms with Gasteiger partial charge in [0.05, 0.1) is 22.7 Å². The van der Waals surface area contributed by atoms with E-state index in [1.165, 1.54) is 17.6 Å². The summed E-state index contributed by atoms with van der Waals surface area (Å²) in [5.41, 5.74) is 3.75.